The number of terminal acetylenes is 1. The van der Waals surface area contributed by atoms with E-state index in [4.69, 9.17) is 16.3 Å². The summed E-state index contributed by atoms with van der Waals surface area (Å²) in [6.07, 6.45) is 38.0. The summed E-state index contributed by atoms with van der Waals surface area (Å²) < 4.78 is 4.82. The van der Waals surface area contributed by atoms with Crippen LogP contribution in [0, 0.1) is 12.3 Å². The lowest BCUT2D eigenvalue weighted by atomic mass is 10.0. The Labute approximate surface area is 223 Å². The van der Waals surface area contributed by atoms with E-state index >= 15 is 0 Å². The van der Waals surface area contributed by atoms with E-state index in [0.717, 1.165) is 25.3 Å². The van der Waals surface area contributed by atoms with Crippen LogP contribution in [-0.4, -0.2) is 23.7 Å². The number of aliphatic carboxylic acids is 1. The maximum Gasteiger partial charge on any atom is 0.328 e. The zero-order valence-electron chi connectivity index (χ0n) is 23.6. The van der Waals surface area contributed by atoms with Crippen molar-refractivity contribution in [1.82, 2.24) is 0 Å². The van der Waals surface area contributed by atoms with Crippen molar-refractivity contribution >= 4 is 11.9 Å². The highest BCUT2D eigenvalue weighted by molar-refractivity contribution is 5.80. The van der Waals surface area contributed by atoms with E-state index in [1.54, 1.807) is 12.2 Å². The van der Waals surface area contributed by atoms with Gasteiger partial charge >= 0.3 is 11.9 Å². The Kier molecular flexibility index (Phi) is 33.1. The predicted octanol–water partition coefficient (Wildman–Crippen LogP) is 9.58. The number of esters is 1. The topological polar surface area (TPSA) is 63.6 Å². The first-order valence-electron chi connectivity index (χ1n) is 14.7. The Balaban J connectivity index is 0. The Morgan fingerprint density at radius 1 is 0.694 bits per heavy atom. The number of rotatable bonds is 24. The van der Waals surface area contributed by atoms with Crippen LogP contribution in [0.5, 0.6) is 0 Å². The lowest BCUT2D eigenvalue weighted by Crippen LogP contribution is -2.03. The fourth-order valence-corrected chi connectivity index (χ4v) is 3.84. The molecule has 0 saturated carbocycles. The maximum absolute atomic E-state index is 11.2. The van der Waals surface area contributed by atoms with Gasteiger partial charge in [0.05, 0.1) is 0 Å². The Hall–Kier alpha value is -2.02. The smallest absolute Gasteiger partial charge is 0.328 e. The molecule has 1 N–H and O–H groups in total. The second-order valence-electron chi connectivity index (χ2n) is 9.54. The van der Waals surface area contributed by atoms with Crippen LogP contribution >= 0.6 is 0 Å². The van der Waals surface area contributed by atoms with Crippen molar-refractivity contribution in [2.75, 3.05) is 6.61 Å². The molecule has 0 saturated heterocycles. The Bertz CT molecular complexity index is 571. The van der Waals surface area contributed by atoms with Gasteiger partial charge in [0.15, 0.2) is 6.61 Å². The molecule has 4 nitrogen and oxygen atoms in total. The molecule has 0 spiro atoms. The van der Waals surface area contributed by atoms with Crippen molar-refractivity contribution in [1.29, 1.82) is 0 Å². The van der Waals surface area contributed by atoms with Crippen molar-refractivity contribution in [3.8, 4) is 12.3 Å². The molecule has 0 rings (SSSR count). The molecule has 0 aromatic heterocycles. The highest BCUT2D eigenvalue weighted by Crippen LogP contribution is 2.13. The summed E-state index contributed by atoms with van der Waals surface area (Å²) in [7, 11) is 0. The van der Waals surface area contributed by atoms with Crippen molar-refractivity contribution in [3.05, 3.63) is 24.3 Å². The molecule has 0 heterocycles. The van der Waals surface area contributed by atoms with Crippen LogP contribution in [0.2, 0.25) is 0 Å². The monoisotopic (exact) mass is 504 g/mol. The molecule has 0 amide bonds. The van der Waals surface area contributed by atoms with Crippen LogP contribution in [-0.2, 0) is 14.3 Å². The van der Waals surface area contributed by atoms with E-state index in [1.807, 2.05) is 6.08 Å². The summed E-state index contributed by atoms with van der Waals surface area (Å²) in [5.41, 5.74) is 0. The summed E-state index contributed by atoms with van der Waals surface area (Å²) in [5, 5.41) is 8.32. The molecule has 36 heavy (non-hydrogen) atoms. The average molecular weight is 505 g/mol. The minimum Gasteiger partial charge on any atom is -0.478 e. The molecule has 208 valence electrons. The second kappa shape index (κ2) is 33.0. The number of carboxylic acids is 1. The first kappa shape index (κ1) is 36.1. The normalized spacial score (nSPS) is 10.8. The van der Waals surface area contributed by atoms with Crippen LogP contribution in [0.4, 0.5) is 0 Å². The zero-order chi connectivity index (χ0) is 27.0. The Morgan fingerprint density at radius 3 is 1.58 bits per heavy atom. The van der Waals surface area contributed by atoms with Gasteiger partial charge < -0.3 is 9.84 Å². The van der Waals surface area contributed by atoms with Crippen molar-refractivity contribution < 1.29 is 19.4 Å². The summed E-state index contributed by atoms with van der Waals surface area (Å²) in [6, 6.07) is 0. The van der Waals surface area contributed by atoms with E-state index in [1.165, 1.54) is 109 Å². The van der Waals surface area contributed by atoms with Crippen LogP contribution in [0.1, 0.15) is 149 Å². The summed E-state index contributed by atoms with van der Waals surface area (Å²) in [5.74, 6) is 1.26. The SMILES string of the molecule is C#CCOC(=O)CCCCCCCCCCCCCCC.CCCCCCCCC=CC=CC(=O)O. The van der Waals surface area contributed by atoms with Gasteiger partial charge in [0.25, 0.3) is 0 Å². The number of carbonyl (C=O) groups is 2. The predicted molar refractivity (Wildman–Crippen MR) is 154 cm³/mol. The number of ether oxygens (including phenoxy) is 1. The third-order valence-corrected chi connectivity index (χ3v) is 6.01. The van der Waals surface area contributed by atoms with Crippen LogP contribution < -0.4 is 0 Å². The highest BCUT2D eigenvalue weighted by atomic mass is 16.5. The van der Waals surface area contributed by atoms with Gasteiger partial charge in [-0.2, -0.15) is 0 Å². The second-order valence-corrected chi connectivity index (χ2v) is 9.54. The van der Waals surface area contributed by atoms with E-state index in [-0.39, 0.29) is 12.6 Å². The van der Waals surface area contributed by atoms with Gasteiger partial charge in [-0.25, -0.2) is 4.79 Å². The number of hydrogen-bond acceptors (Lipinski definition) is 3. The molecule has 0 aliphatic carbocycles. The van der Waals surface area contributed by atoms with Crippen LogP contribution in [0.3, 0.4) is 0 Å². The number of carbonyl (C=O) groups excluding carboxylic acids is 1. The average Bonchev–Trinajstić information content (AvgIpc) is 2.87. The molecule has 0 bridgehead atoms. The molecule has 0 fully saturated rings. The molecule has 0 aliphatic rings. The summed E-state index contributed by atoms with van der Waals surface area (Å²) in [4.78, 5) is 21.3. The third-order valence-electron chi connectivity index (χ3n) is 6.01. The fourth-order valence-electron chi connectivity index (χ4n) is 3.84. The maximum atomic E-state index is 11.2. The van der Waals surface area contributed by atoms with Gasteiger partial charge in [-0.05, 0) is 19.3 Å². The molecule has 0 aliphatic heterocycles. The molecule has 0 aromatic carbocycles. The first-order chi connectivity index (χ1) is 17.6. The van der Waals surface area contributed by atoms with E-state index in [0.29, 0.717) is 6.42 Å². The van der Waals surface area contributed by atoms with Gasteiger partial charge in [-0.15, -0.1) is 6.42 Å². The molecule has 0 atom stereocenters. The van der Waals surface area contributed by atoms with Gasteiger partial charge in [-0.1, -0.05) is 147 Å². The standard InChI is InChI=1S/C19H34O2.C13H22O2/c1-3-5-6-7-8-9-10-11-12-13-14-15-16-17-19(20)21-18-4-2;1-2-3-4-5-6-7-8-9-10-11-12-13(14)15/h2H,3,5-18H2,1H3;9-12H,2-8H2,1H3,(H,14,15). The lowest BCUT2D eigenvalue weighted by molar-refractivity contribution is -0.142. The third kappa shape index (κ3) is 36.5. The summed E-state index contributed by atoms with van der Waals surface area (Å²) >= 11 is 0. The van der Waals surface area contributed by atoms with E-state index < -0.39 is 5.97 Å². The Morgan fingerprint density at radius 2 is 1.14 bits per heavy atom. The number of carboxylic acid groups (broad SMARTS) is 1. The lowest BCUT2D eigenvalue weighted by Gasteiger charge is -2.03. The molecule has 0 unspecified atom stereocenters. The number of unbranched alkanes of at least 4 members (excludes halogenated alkanes) is 18. The zero-order valence-corrected chi connectivity index (χ0v) is 23.6. The van der Waals surface area contributed by atoms with Gasteiger partial charge in [0.1, 0.15) is 0 Å². The van der Waals surface area contributed by atoms with Gasteiger partial charge in [0, 0.05) is 12.5 Å². The largest absolute Gasteiger partial charge is 0.478 e. The molecule has 0 aromatic rings. The number of allylic oxidation sites excluding steroid dienone is 3. The van der Waals surface area contributed by atoms with Crippen molar-refractivity contribution in [2.45, 2.75) is 149 Å². The van der Waals surface area contributed by atoms with Crippen LogP contribution in [0.15, 0.2) is 24.3 Å². The summed E-state index contributed by atoms with van der Waals surface area (Å²) in [6.45, 7) is 4.59. The fraction of sp³-hybridized carbons (Fsp3) is 0.750. The first-order valence-corrected chi connectivity index (χ1v) is 14.7. The molecular formula is C32H56O4. The quantitative estimate of drug-likeness (QED) is 0.0467. The van der Waals surface area contributed by atoms with E-state index in [9.17, 15) is 9.59 Å². The molecular weight excluding hydrogens is 448 g/mol. The van der Waals surface area contributed by atoms with Gasteiger partial charge in [-0.3, -0.25) is 4.79 Å². The van der Waals surface area contributed by atoms with Gasteiger partial charge in [0.2, 0.25) is 0 Å². The highest BCUT2D eigenvalue weighted by Gasteiger charge is 2.01. The minimum absolute atomic E-state index is 0.108. The molecule has 4 heteroatoms. The van der Waals surface area contributed by atoms with Crippen LogP contribution in [0.25, 0.3) is 0 Å². The molecule has 0 radical (unpaired) electrons. The number of hydrogen-bond donors (Lipinski definition) is 1. The minimum atomic E-state index is -0.890. The van der Waals surface area contributed by atoms with E-state index in [2.05, 4.69) is 19.8 Å². The van der Waals surface area contributed by atoms with Crippen molar-refractivity contribution in [3.63, 3.8) is 0 Å². The van der Waals surface area contributed by atoms with Crippen molar-refractivity contribution in [2.24, 2.45) is 0 Å².